The fourth-order valence-electron chi connectivity index (χ4n) is 1.65. The van der Waals surface area contributed by atoms with Gasteiger partial charge in [0.05, 0.1) is 6.61 Å². The highest BCUT2D eigenvalue weighted by Crippen LogP contribution is 2.16. The standard InChI is InChI=1S/C10H19N3O3S/c1-4-5-7(2)13-17(15,16)10-9(6-14)8(3)11-12-10/h7,13-14H,4-6H2,1-3H3,(H,11,12). The molecule has 98 valence electrons. The summed E-state index contributed by atoms with van der Waals surface area (Å²) in [5, 5.41) is 15.3. The number of aliphatic hydroxyl groups excluding tert-OH is 1. The third-order valence-corrected chi connectivity index (χ3v) is 4.09. The number of aryl methyl sites for hydroxylation is 1. The number of hydrogen-bond donors (Lipinski definition) is 3. The molecule has 0 saturated heterocycles. The van der Waals surface area contributed by atoms with E-state index in [1.807, 2.05) is 6.92 Å². The van der Waals surface area contributed by atoms with Crippen molar-refractivity contribution in [3.8, 4) is 0 Å². The summed E-state index contributed by atoms with van der Waals surface area (Å²) in [6.45, 7) is 5.12. The van der Waals surface area contributed by atoms with E-state index < -0.39 is 10.0 Å². The Morgan fingerprint density at radius 1 is 1.53 bits per heavy atom. The van der Waals surface area contributed by atoms with Crippen molar-refractivity contribution in [2.24, 2.45) is 0 Å². The van der Waals surface area contributed by atoms with Crippen LogP contribution in [0.3, 0.4) is 0 Å². The average Bonchev–Trinajstić information content (AvgIpc) is 2.59. The van der Waals surface area contributed by atoms with Crippen molar-refractivity contribution in [2.75, 3.05) is 0 Å². The topological polar surface area (TPSA) is 95.1 Å². The average molecular weight is 261 g/mol. The minimum Gasteiger partial charge on any atom is -0.392 e. The van der Waals surface area contributed by atoms with Gasteiger partial charge in [-0.2, -0.15) is 5.10 Å². The minimum absolute atomic E-state index is 0.111. The van der Waals surface area contributed by atoms with Crippen molar-refractivity contribution in [3.05, 3.63) is 11.3 Å². The first kappa shape index (κ1) is 14.1. The van der Waals surface area contributed by atoms with Gasteiger partial charge in [0, 0.05) is 17.3 Å². The molecular formula is C10H19N3O3S. The van der Waals surface area contributed by atoms with Gasteiger partial charge < -0.3 is 5.11 Å². The largest absolute Gasteiger partial charge is 0.392 e. The van der Waals surface area contributed by atoms with Crippen LogP contribution in [-0.4, -0.2) is 29.8 Å². The molecule has 0 aliphatic carbocycles. The van der Waals surface area contributed by atoms with Gasteiger partial charge in [-0.1, -0.05) is 13.3 Å². The predicted octanol–water partition coefficient (Wildman–Crippen LogP) is 0.677. The number of nitrogens with one attached hydrogen (secondary N) is 2. The molecule has 0 radical (unpaired) electrons. The quantitative estimate of drug-likeness (QED) is 0.701. The SMILES string of the molecule is CCCC(C)NS(=O)(=O)c1n[nH]c(C)c1CO. The van der Waals surface area contributed by atoms with Crippen molar-refractivity contribution in [1.82, 2.24) is 14.9 Å². The van der Waals surface area contributed by atoms with E-state index in [1.54, 1.807) is 13.8 Å². The van der Waals surface area contributed by atoms with E-state index in [4.69, 9.17) is 5.11 Å². The molecule has 0 aliphatic rings. The Morgan fingerprint density at radius 2 is 2.18 bits per heavy atom. The van der Waals surface area contributed by atoms with Crippen LogP contribution in [0.2, 0.25) is 0 Å². The minimum atomic E-state index is -3.66. The lowest BCUT2D eigenvalue weighted by molar-refractivity contribution is 0.277. The second-order valence-corrected chi connectivity index (χ2v) is 5.73. The van der Waals surface area contributed by atoms with Crippen LogP contribution in [0.25, 0.3) is 0 Å². The summed E-state index contributed by atoms with van der Waals surface area (Å²) in [5.41, 5.74) is 0.886. The lowest BCUT2D eigenvalue weighted by Gasteiger charge is -2.12. The molecule has 17 heavy (non-hydrogen) atoms. The molecule has 1 rings (SSSR count). The van der Waals surface area contributed by atoms with E-state index in [0.717, 1.165) is 12.8 Å². The first-order valence-corrected chi connectivity index (χ1v) is 7.07. The van der Waals surface area contributed by atoms with Gasteiger partial charge in [-0.3, -0.25) is 5.10 Å². The maximum Gasteiger partial charge on any atom is 0.260 e. The van der Waals surface area contributed by atoms with E-state index in [9.17, 15) is 8.42 Å². The normalized spacial score (nSPS) is 13.9. The first-order valence-electron chi connectivity index (χ1n) is 5.59. The van der Waals surface area contributed by atoms with Crippen LogP contribution in [-0.2, 0) is 16.6 Å². The molecule has 1 aromatic heterocycles. The molecule has 1 aromatic rings. The molecule has 0 amide bonds. The number of hydrogen-bond acceptors (Lipinski definition) is 4. The monoisotopic (exact) mass is 261 g/mol. The molecule has 0 bridgehead atoms. The molecule has 1 unspecified atom stereocenters. The van der Waals surface area contributed by atoms with E-state index >= 15 is 0 Å². The summed E-state index contributed by atoms with van der Waals surface area (Å²) in [6.07, 6.45) is 1.66. The molecule has 0 aromatic carbocycles. The number of aliphatic hydroxyl groups is 1. The van der Waals surface area contributed by atoms with Gasteiger partial charge in [0.15, 0.2) is 5.03 Å². The summed E-state index contributed by atoms with van der Waals surface area (Å²) < 4.78 is 26.6. The van der Waals surface area contributed by atoms with Gasteiger partial charge in [-0.05, 0) is 20.3 Å². The fourth-order valence-corrected chi connectivity index (χ4v) is 3.12. The highest BCUT2D eigenvalue weighted by molar-refractivity contribution is 7.89. The van der Waals surface area contributed by atoms with Crippen LogP contribution in [0.1, 0.15) is 37.9 Å². The number of aromatic nitrogens is 2. The van der Waals surface area contributed by atoms with Gasteiger partial charge >= 0.3 is 0 Å². The second-order valence-electron chi connectivity index (χ2n) is 4.10. The Balaban J connectivity index is 2.97. The number of nitrogens with zero attached hydrogens (tertiary/aromatic N) is 1. The second kappa shape index (κ2) is 5.61. The van der Waals surface area contributed by atoms with Crippen LogP contribution in [0.15, 0.2) is 5.03 Å². The van der Waals surface area contributed by atoms with Gasteiger partial charge in [-0.25, -0.2) is 13.1 Å². The molecular weight excluding hydrogens is 242 g/mol. The van der Waals surface area contributed by atoms with Crippen LogP contribution in [0, 0.1) is 6.92 Å². The third kappa shape index (κ3) is 3.27. The Bertz CT molecular complexity index is 467. The molecule has 0 spiro atoms. The molecule has 0 saturated carbocycles. The fraction of sp³-hybridized carbons (Fsp3) is 0.700. The maximum atomic E-state index is 12.0. The Kier molecular flexibility index (Phi) is 4.67. The molecule has 1 heterocycles. The molecule has 0 fully saturated rings. The van der Waals surface area contributed by atoms with Crippen LogP contribution < -0.4 is 4.72 Å². The lowest BCUT2D eigenvalue weighted by Crippen LogP contribution is -2.33. The smallest absolute Gasteiger partial charge is 0.260 e. The lowest BCUT2D eigenvalue weighted by atomic mass is 10.2. The van der Waals surface area contributed by atoms with E-state index in [-0.39, 0.29) is 17.7 Å². The zero-order valence-electron chi connectivity index (χ0n) is 10.3. The number of aromatic amines is 1. The number of H-pyrrole nitrogens is 1. The zero-order valence-corrected chi connectivity index (χ0v) is 11.1. The zero-order chi connectivity index (χ0) is 13.1. The Labute approximate surface area is 101 Å². The summed E-state index contributed by atoms with van der Waals surface area (Å²) in [6, 6.07) is -0.145. The molecule has 7 heteroatoms. The van der Waals surface area contributed by atoms with Crippen LogP contribution in [0.4, 0.5) is 0 Å². The molecule has 0 aliphatic heterocycles. The van der Waals surface area contributed by atoms with Crippen LogP contribution in [0.5, 0.6) is 0 Å². The van der Waals surface area contributed by atoms with Gasteiger partial charge in [0.2, 0.25) is 0 Å². The van der Waals surface area contributed by atoms with Gasteiger partial charge in [0.25, 0.3) is 10.0 Å². The van der Waals surface area contributed by atoms with Crippen molar-refractivity contribution >= 4 is 10.0 Å². The highest BCUT2D eigenvalue weighted by atomic mass is 32.2. The predicted molar refractivity (Wildman–Crippen MR) is 63.9 cm³/mol. The van der Waals surface area contributed by atoms with Gasteiger partial charge in [-0.15, -0.1) is 0 Å². The summed E-state index contributed by atoms with van der Waals surface area (Å²) in [4.78, 5) is 0. The molecule has 1 atom stereocenters. The Morgan fingerprint density at radius 3 is 2.71 bits per heavy atom. The number of rotatable bonds is 6. The third-order valence-electron chi connectivity index (χ3n) is 2.53. The molecule has 6 nitrogen and oxygen atoms in total. The van der Waals surface area contributed by atoms with Crippen molar-refractivity contribution < 1.29 is 13.5 Å². The van der Waals surface area contributed by atoms with Crippen molar-refractivity contribution in [1.29, 1.82) is 0 Å². The van der Waals surface area contributed by atoms with Crippen molar-refractivity contribution in [3.63, 3.8) is 0 Å². The first-order chi connectivity index (χ1) is 7.92. The van der Waals surface area contributed by atoms with Crippen LogP contribution >= 0.6 is 0 Å². The molecule has 3 N–H and O–H groups in total. The van der Waals surface area contributed by atoms with E-state index in [1.165, 1.54) is 0 Å². The summed E-state index contributed by atoms with van der Waals surface area (Å²) >= 11 is 0. The Hall–Kier alpha value is -0.920. The highest BCUT2D eigenvalue weighted by Gasteiger charge is 2.24. The van der Waals surface area contributed by atoms with Crippen molar-refractivity contribution in [2.45, 2.75) is 51.3 Å². The van der Waals surface area contributed by atoms with Gasteiger partial charge in [0.1, 0.15) is 0 Å². The summed E-state index contributed by atoms with van der Waals surface area (Å²) in [7, 11) is -3.66. The maximum absolute atomic E-state index is 12.0. The van der Waals surface area contributed by atoms with E-state index in [2.05, 4.69) is 14.9 Å². The summed E-state index contributed by atoms with van der Waals surface area (Å²) in [5.74, 6) is 0. The van der Waals surface area contributed by atoms with E-state index in [0.29, 0.717) is 11.3 Å². The number of sulfonamides is 1.